The summed E-state index contributed by atoms with van der Waals surface area (Å²) >= 11 is 10.1. The summed E-state index contributed by atoms with van der Waals surface area (Å²) in [6.07, 6.45) is 0. The van der Waals surface area contributed by atoms with Gasteiger partial charge in [0.25, 0.3) is 0 Å². The molecule has 0 aromatic carbocycles. The maximum absolute atomic E-state index is 8.52. The first-order valence-corrected chi connectivity index (χ1v) is 3.89. The van der Waals surface area contributed by atoms with Crippen molar-refractivity contribution in [3.63, 3.8) is 0 Å². The number of hydrogen-bond donors (Lipinski definition) is 0. The predicted molar refractivity (Wildman–Crippen MR) is 37.4 cm³/mol. The van der Waals surface area contributed by atoms with Crippen LogP contribution >= 0.6 is 23.2 Å². The zero-order valence-electron chi connectivity index (χ0n) is 5.08. The fourth-order valence-electron chi connectivity index (χ4n) is 0. The van der Waals surface area contributed by atoms with Crippen molar-refractivity contribution < 1.29 is 17.5 Å². The first kappa shape index (κ1) is 17.3. The molecule has 0 unspecified atom stereocenters. The summed E-state index contributed by atoms with van der Waals surface area (Å²) in [7, 11) is -5.17. The molecule has 8 heteroatoms. The van der Waals surface area contributed by atoms with Crippen molar-refractivity contribution in [3.05, 3.63) is 0 Å². The molecular weight excluding hydrogens is 215 g/mol. The Balaban J connectivity index is -0.0000000910. The maximum atomic E-state index is 8.52. The predicted octanol–water partition coefficient (Wildman–Crippen LogP) is 0.0912. The van der Waals surface area contributed by atoms with Gasteiger partial charge in [0.15, 0.2) is 0 Å². The molecule has 0 atom stereocenters. The van der Waals surface area contributed by atoms with Crippen LogP contribution in [0.5, 0.6) is 0 Å². The molecule has 0 bridgehead atoms. The number of hydrogen-bond acceptors (Lipinski definition) is 4. The van der Waals surface area contributed by atoms with E-state index in [-0.39, 0.29) is 27.9 Å². The van der Waals surface area contributed by atoms with E-state index in [4.69, 9.17) is 40.7 Å². The average molecular weight is 219 g/mol. The second-order valence-corrected chi connectivity index (χ2v) is 3.28. The quantitative estimate of drug-likeness (QED) is 0.250. The smallest absolute Gasteiger partial charge is 0.759 e. The topological polar surface area (TPSA) is 80.3 Å². The SMILES string of the molecule is CC(Cl)Cl.O=S(=O)([O-])[O-].[Mg+2]. The van der Waals surface area contributed by atoms with E-state index < -0.39 is 10.4 Å². The minimum Gasteiger partial charge on any atom is -0.759 e. The van der Waals surface area contributed by atoms with Gasteiger partial charge in [0.1, 0.15) is 4.84 Å². The molecule has 0 saturated heterocycles. The van der Waals surface area contributed by atoms with Crippen LogP contribution in [0.1, 0.15) is 6.92 Å². The molecule has 0 radical (unpaired) electrons. The Morgan fingerprint density at radius 2 is 1.30 bits per heavy atom. The molecule has 0 aromatic rings. The molecule has 4 nitrogen and oxygen atoms in total. The second-order valence-electron chi connectivity index (χ2n) is 0.927. The Morgan fingerprint density at radius 1 is 1.30 bits per heavy atom. The van der Waals surface area contributed by atoms with Gasteiger partial charge in [-0.1, -0.05) is 0 Å². The van der Waals surface area contributed by atoms with Crippen LogP contribution in [0.3, 0.4) is 0 Å². The van der Waals surface area contributed by atoms with Crippen LogP contribution in [-0.4, -0.2) is 45.4 Å². The molecule has 0 aliphatic carbocycles. The molecule has 0 aromatic heterocycles. The van der Waals surface area contributed by atoms with Crippen LogP contribution < -0.4 is 0 Å². The third-order valence-corrected chi connectivity index (χ3v) is 0. The molecule has 0 aliphatic rings. The molecule has 0 aliphatic heterocycles. The molecule has 0 N–H and O–H groups in total. The van der Waals surface area contributed by atoms with Gasteiger partial charge in [0.2, 0.25) is 0 Å². The van der Waals surface area contributed by atoms with Crippen LogP contribution in [-0.2, 0) is 10.4 Å². The van der Waals surface area contributed by atoms with E-state index in [2.05, 4.69) is 0 Å². The average Bonchev–Trinajstić information content (AvgIpc) is 1.19. The number of halogens is 2. The molecule has 0 spiro atoms. The van der Waals surface area contributed by atoms with Crippen molar-refractivity contribution in [2.45, 2.75) is 11.8 Å². The largest absolute Gasteiger partial charge is 2.00 e. The maximum Gasteiger partial charge on any atom is 2.00 e. The van der Waals surface area contributed by atoms with E-state index in [0.29, 0.717) is 0 Å². The Hall–Kier alpha value is 1.22. The van der Waals surface area contributed by atoms with Crippen LogP contribution in [0.15, 0.2) is 0 Å². The summed E-state index contributed by atoms with van der Waals surface area (Å²) in [6.45, 7) is 1.70. The van der Waals surface area contributed by atoms with Crippen LogP contribution in [0, 0.1) is 0 Å². The zero-order chi connectivity index (χ0) is 8.08. The van der Waals surface area contributed by atoms with Crippen molar-refractivity contribution in [2.75, 3.05) is 0 Å². The van der Waals surface area contributed by atoms with Crippen molar-refractivity contribution in [2.24, 2.45) is 0 Å². The van der Waals surface area contributed by atoms with E-state index in [1.165, 1.54) is 0 Å². The van der Waals surface area contributed by atoms with E-state index in [1.54, 1.807) is 6.92 Å². The fourth-order valence-corrected chi connectivity index (χ4v) is 0. The molecular formula is C2H4Cl2MgO4S. The summed E-state index contributed by atoms with van der Waals surface area (Å²) in [5.74, 6) is 0. The minimum atomic E-state index is -5.17. The third kappa shape index (κ3) is 421. The molecule has 0 heterocycles. The van der Waals surface area contributed by atoms with Crippen molar-refractivity contribution >= 4 is 56.7 Å². The number of alkyl halides is 2. The second kappa shape index (κ2) is 8.31. The zero-order valence-corrected chi connectivity index (χ0v) is 8.82. The van der Waals surface area contributed by atoms with Gasteiger partial charge in [-0.3, -0.25) is 8.42 Å². The number of rotatable bonds is 0. The summed E-state index contributed by atoms with van der Waals surface area (Å²) in [5, 5.41) is 0. The van der Waals surface area contributed by atoms with Gasteiger partial charge < -0.3 is 9.11 Å². The fraction of sp³-hybridized carbons (Fsp3) is 1.00. The van der Waals surface area contributed by atoms with Gasteiger partial charge in [0, 0.05) is 10.4 Å². The van der Waals surface area contributed by atoms with E-state index in [0.717, 1.165) is 0 Å². The van der Waals surface area contributed by atoms with Gasteiger partial charge in [0.05, 0.1) is 0 Å². The standard InChI is InChI=1S/C2H4Cl2.Mg.H2O4S/c1-2(3)4;;1-5(2,3)4/h2H,1H3;;(H2,1,2,3,4)/q;+2;/p-2. The first-order valence-electron chi connectivity index (χ1n) is 1.68. The van der Waals surface area contributed by atoms with Gasteiger partial charge in [-0.25, -0.2) is 0 Å². The Labute approximate surface area is 85.6 Å². The van der Waals surface area contributed by atoms with Gasteiger partial charge in [-0.2, -0.15) is 0 Å². The monoisotopic (exact) mass is 218 g/mol. The van der Waals surface area contributed by atoms with Crippen LogP contribution in [0.25, 0.3) is 0 Å². The van der Waals surface area contributed by atoms with Crippen molar-refractivity contribution in [3.8, 4) is 0 Å². The minimum absolute atomic E-state index is 0. The first-order chi connectivity index (χ1) is 3.73. The van der Waals surface area contributed by atoms with Gasteiger partial charge >= 0.3 is 23.1 Å². The van der Waals surface area contributed by atoms with E-state index in [1.807, 2.05) is 0 Å². The van der Waals surface area contributed by atoms with Crippen LogP contribution in [0.2, 0.25) is 0 Å². The normalized spacial score (nSPS) is 9.40. The summed E-state index contributed by atoms with van der Waals surface area (Å²) < 4.78 is 34.1. The Kier molecular flexibility index (Phi) is 14.4. The third-order valence-electron chi connectivity index (χ3n) is 0. The molecule has 0 fully saturated rings. The van der Waals surface area contributed by atoms with E-state index in [9.17, 15) is 0 Å². The molecule has 58 valence electrons. The van der Waals surface area contributed by atoms with E-state index >= 15 is 0 Å². The Morgan fingerprint density at radius 3 is 1.30 bits per heavy atom. The van der Waals surface area contributed by atoms with Crippen molar-refractivity contribution in [1.82, 2.24) is 0 Å². The summed E-state index contributed by atoms with van der Waals surface area (Å²) in [4.78, 5) is -0.222. The molecule has 0 amide bonds. The molecule has 0 rings (SSSR count). The Bertz CT molecular complexity index is 133. The summed E-state index contributed by atoms with van der Waals surface area (Å²) in [5.41, 5.74) is 0. The van der Waals surface area contributed by atoms with Crippen molar-refractivity contribution in [1.29, 1.82) is 0 Å². The summed E-state index contributed by atoms with van der Waals surface area (Å²) in [6, 6.07) is 0. The molecule has 10 heavy (non-hydrogen) atoms. The van der Waals surface area contributed by atoms with Gasteiger partial charge in [-0.05, 0) is 6.92 Å². The van der Waals surface area contributed by atoms with Gasteiger partial charge in [-0.15, -0.1) is 23.2 Å². The molecule has 0 saturated carbocycles. The van der Waals surface area contributed by atoms with Crippen LogP contribution in [0.4, 0.5) is 0 Å².